The van der Waals surface area contributed by atoms with E-state index in [9.17, 15) is 14.4 Å². The minimum atomic E-state index is -0.754. The van der Waals surface area contributed by atoms with E-state index in [0.717, 1.165) is 5.56 Å². The molecule has 0 fully saturated rings. The molecule has 0 saturated heterocycles. The minimum absolute atomic E-state index is 0.262. The standard InChI is InChI=1S/C16H21N2O4/c1-16(2,3)22-15(21)17-10-14(20)18-13(11-19)9-12-7-5-4-6-8-12/h4-8,13H,9-10H2,1-3H3,(H,17,21)(H,18,20)/t13-/m0/s1. The van der Waals surface area contributed by atoms with Gasteiger partial charge in [0.2, 0.25) is 12.2 Å². The molecular weight excluding hydrogens is 284 g/mol. The van der Waals surface area contributed by atoms with Crippen LogP contribution < -0.4 is 10.6 Å². The first kappa shape index (κ1) is 17.7. The van der Waals surface area contributed by atoms with Gasteiger partial charge in [0.05, 0.1) is 6.04 Å². The molecule has 0 bridgehead atoms. The van der Waals surface area contributed by atoms with Crippen LogP contribution in [0.3, 0.4) is 0 Å². The zero-order valence-electron chi connectivity index (χ0n) is 13.0. The van der Waals surface area contributed by atoms with Crippen LogP contribution in [0.25, 0.3) is 0 Å². The smallest absolute Gasteiger partial charge is 0.408 e. The monoisotopic (exact) mass is 305 g/mol. The predicted molar refractivity (Wildman–Crippen MR) is 82.0 cm³/mol. The van der Waals surface area contributed by atoms with Crippen LogP contribution in [0.1, 0.15) is 26.3 Å². The van der Waals surface area contributed by atoms with Crippen LogP contribution in [-0.4, -0.2) is 36.5 Å². The summed E-state index contributed by atoms with van der Waals surface area (Å²) in [5, 5.41) is 4.83. The van der Waals surface area contributed by atoms with E-state index in [1.54, 1.807) is 27.1 Å². The lowest BCUT2D eigenvalue weighted by Gasteiger charge is -2.19. The molecule has 0 aliphatic rings. The highest BCUT2D eigenvalue weighted by atomic mass is 16.6. The van der Waals surface area contributed by atoms with E-state index < -0.39 is 23.6 Å². The van der Waals surface area contributed by atoms with Crippen LogP contribution in [0, 0.1) is 0 Å². The van der Waals surface area contributed by atoms with Gasteiger partial charge in [-0.05, 0) is 26.3 Å². The Morgan fingerprint density at radius 3 is 2.41 bits per heavy atom. The maximum Gasteiger partial charge on any atom is 0.408 e. The Morgan fingerprint density at radius 2 is 1.86 bits per heavy atom. The maximum absolute atomic E-state index is 11.7. The summed E-state index contributed by atoms with van der Waals surface area (Å²) in [6.45, 7) is 4.92. The third kappa shape index (κ3) is 7.42. The van der Waals surface area contributed by atoms with Gasteiger partial charge in [0.25, 0.3) is 0 Å². The fraction of sp³-hybridized carbons (Fsp3) is 0.438. The second kappa shape index (κ2) is 8.17. The average molecular weight is 305 g/mol. The summed E-state index contributed by atoms with van der Waals surface area (Å²) in [4.78, 5) is 34.1. The minimum Gasteiger partial charge on any atom is -0.444 e. The molecule has 1 aromatic rings. The van der Waals surface area contributed by atoms with Gasteiger partial charge in [-0.25, -0.2) is 4.79 Å². The van der Waals surface area contributed by atoms with Crippen molar-refractivity contribution in [3.05, 3.63) is 35.9 Å². The molecule has 0 spiro atoms. The molecule has 22 heavy (non-hydrogen) atoms. The lowest BCUT2D eigenvalue weighted by Crippen LogP contribution is -2.44. The summed E-state index contributed by atoms with van der Waals surface area (Å²) < 4.78 is 5.01. The first-order chi connectivity index (χ1) is 10.3. The molecule has 119 valence electrons. The summed E-state index contributed by atoms with van der Waals surface area (Å²) >= 11 is 0. The molecular formula is C16H21N2O4. The molecule has 1 radical (unpaired) electrons. The van der Waals surface area contributed by atoms with E-state index in [1.165, 1.54) is 0 Å². The third-order valence-electron chi connectivity index (χ3n) is 2.55. The lowest BCUT2D eigenvalue weighted by atomic mass is 10.1. The van der Waals surface area contributed by atoms with Gasteiger partial charge < -0.3 is 15.4 Å². The number of carbonyl (C=O) groups excluding carboxylic acids is 3. The molecule has 1 atom stereocenters. The highest BCUT2D eigenvalue weighted by Crippen LogP contribution is 2.06. The molecule has 0 aliphatic carbocycles. The van der Waals surface area contributed by atoms with E-state index in [2.05, 4.69) is 10.6 Å². The summed E-state index contributed by atoms with van der Waals surface area (Å²) in [5.41, 5.74) is 0.281. The number of rotatable bonds is 6. The Hall–Kier alpha value is -2.37. The Bertz CT molecular complexity index is 509. The van der Waals surface area contributed by atoms with Gasteiger partial charge in [-0.15, -0.1) is 0 Å². The van der Waals surface area contributed by atoms with Crippen LogP contribution in [0.15, 0.2) is 30.3 Å². The van der Waals surface area contributed by atoms with Crippen molar-refractivity contribution >= 4 is 18.3 Å². The number of nitrogens with one attached hydrogen (secondary N) is 2. The summed E-state index contributed by atoms with van der Waals surface area (Å²) in [6.07, 6.45) is 1.45. The van der Waals surface area contributed by atoms with Crippen molar-refractivity contribution in [2.75, 3.05) is 6.54 Å². The van der Waals surface area contributed by atoms with Crippen LogP contribution >= 0.6 is 0 Å². The zero-order chi connectivity index (χ0) is 16.6. The first-order valence-electron chi connectivity index (χ1n) is 6.98. The Kier molecular flexibility index (Phi) is 6.56. The Labute approximate surface area is 130 Å². The van der Waals surface area contributed by atoms with Crippen LogP contribution in [-0.2, 0) is 20.7 Å². The third-order valence-corrected chi connectivity index (χ3v) is 2.55. The first-order valence-corrected chi connectivity index (χ1v) is 6.98. The zero-order valence-corrected chi connectivity index (χ0v) is 13.0. The van der Waals surface area contributed by atoms with E-state index in [0.29, 0.717) is 6.42 Å². The predicted octanol–water partition coefficient (Wildman–Crippen LogP) is 1.35. The molecule has 0 unspecified atom stereocenters. The number of amides is 2. The van der Waals surface area contributed by atoms with Crippen molar-refractivity contribution < 1.29 is 19.1 Å². The molecule has 2 amide bonds. The maximum atomic E-state index is 11.7. The van der Waals surface area contributed by atoms with E-state index in [-0.39, 0.29) is 6.54 Å². The van der Waals surface area contributed by atoms with Gasteiger partial charge in [0.15, 0.2) is 0 Å². The van der Waals surface area contributed by atoms with Crippen LogP contribution in [0.5, 0.6) is 0 Å². The molecule has 6 heteroatoms. The molecule has 0 aromatic heterocycles. The van der Waals surface area contributed by atoms with Crippen molar-refractivity contribution in [1.82, 2.24) is 10.6 Å². The van der Waals surface area contributed by atoms with Gasteiger partial charge in [-0.1, -0.05) is 30.3 Å². The number of hydrogen-bond donors (Lipinski definition) is 2. The molecule has 0 heterocycles. The van der Waals surface area contributed by atoms with Crippen molar-refractivity contribution in [3.8, 4) is 0 Å². The Morgan fingerprint density at radius 1 is 1.23 bits per heavy atom. The van der Waals surface area contributed by atoms with Crippen LogP contribution in [0.4, 0.5) is 4.79 Å². The molecule has 6 nitrogen and oxygen atoms in total. The topological polar surface area (TPSA) is 84.5 Å². The van der Waals surface area contributed by atoms with Crippen LogP contribution in [0.2, 0.25) is 0 Å². The van der Waals surface area contributed by atoms with Crippen molar-refractivity contribution in [1.29, 1.82) is 0 Å². The van der Waals surface area contributed by atoms with Gasteiger partial charge in [0.1, 0.15) is 12.1 Å². The highest BCUT2D eigenvalue weighted by molar-refractivity contribution is 5.84. The van der Waals surface area contributed by atoms with E-state index >= 15 is 0 Å². The second-order valence-corrected chi connectivity index (χ2v) is 5.78. The molecule has 2 N–H and O–H groups in total. The molecule has 1 aromatic carbocycles. The molecule has 0 saturated carbocycles. The normalized spacial score (nSPS) is 12.1. The number of alkyl carbamates (subject to hydrolysis) is 1. The van der Waals surface area contributed by atoms with E-state index in [1.807, 2.05) is 30.3 Å². The van der Waals surface area contributed by atoms with Gasteiger partial charge >= 0.3 is 6.09 Å². The fourth-order valence-electron chi connectivity index (χ4n) is 1.68. The number of hydrogen-bond acceptors (Lipinski definition) is 4. The second-order valence-electron chi connectivity index (χ2n) is 5.78. The Balaban J connectivity index is 2.39. The van der Waals surface area contributed by atoms with Gasteiger partial charge in [-0.2, -0.15) is 0 Å². The van der Waals surface area contributed by atoms with Crippen molar-refractivity contribution in [2.24, 2.45) is 0 Å². The largest absolute Gasteiger partial charge is 0.444 e. The summed E-state index contributed by atoms with van der Waals surface area (Å²) in [7, 11) is 0. The van der Waals surface area contributed by atoms with Gasteiger partial charge in [0, 0.05) is 6.42 Å². The SMILES string of the molecule is CC(C)(C)OC(=O)NCC(=O)N[C@H]([C]=O)Cc1ccccc1. The molecule has 0 aliphatic heterocycles. The van der Waals surface area contributed by atoms with E-state index in [4.69, 9.17) is 4.74 Å². The van der Waals surface area contributed by atoms with Crippen molar-refractivity contribution in [2.45, 2.75) is 38.8 Å². The lowest BCUT2D eigenvalue weighted by molar-refractivity contribution is -0.120. The van der Waals surface area contributed by atoms with Crippen molar-refractivity contribution in [3.63, 3.8) is 0 Å². The fourth-order valence-corrected chi connectivity index (χ4v) is 1.68. The number of ether oxygens (including phenoxy) is 1. The summed E-state index contributed by atoms with van der Waals surface area (Å²) in [6, 6.07) is 8.53. The summed E-state index contributed by atoms with van der Waals surface area (Å²) in [5.74, 6) is -0.477. The number of carbonyl (C=O) groups is 2. The average Bonchev–Trinajstić information content (AvgIpc) is 2.44. The molecule has 1 rings (SSSR count). The van der Waals surface area contributed by atoms with Gasteiger partial charge in [-0.3, -0.25) is 9.59 Å². The number of benzene rings is 1. The highest BCUT2D eigenvalue weighted by Gasteiger charge is 2.18. The quantitative estimate of drug-likeness (QED) is 0.831.